The maximum absolute atomic E-state index is 12.8. The number of carboxylic acid groups (broad SMARTS) is 2. The Morgan fingerprint density at radius 2 is 1.83 bits per heavy atom. The maximum atomic E-state index is 12.8. The molecule has 2 rings (SSSR count). The number of hydrogen-bond acceptors (Lipinski definition) is 6. The lowest BCUT2D eigenvalue weighted by Crippen LogP contribution is -2.43. The standard InChI is InChI=1S/C16H19NO6S/c1-11-2-3-12(4-5-15(18)19)10-14(11)24(22,23)17-8-6-13(7-9-17)16(20)21/h2-5,10,13H,6-9H2,1H3,(H,18,19)(H,20,21)/p-2/b5-4+. The fourth-order valence-electron chi connectivity index (χ4n) is 2.63. The van der Waals surface area contributed by atoms with Crippen molar-refractivity contribution in [3.63, 3.8) is 0 Å². The first-order valence-electron chi connectivity index (χ1n) is 7.42. The van der Waals surface area contributed by atoms with Gasteiger partial charge in [0.1, 0.15) is 0 Å². The van der Waals surface area contributed by atoms with Gasteiger partial charge < -0.3 is 19.8 Å². The van der Waals surface area contributed by atoms with Crippen LogP contribution in [-0.2, 0) is 19.6 Å². The van der Waals surface area contributed by atoms with Crippen LogP contribution in [-0.4, -0.2) is 37.8 Å². The van der Waals surface area contributed by atoms with Crippen LogP contribution >= 0.6 is 0 Å². The lowest BCUT2D eigenvalue weighted by Gasteiger charge is -2.32. The van der Waals surface area contributed by atoms with Crippen LogP contribution in [0.15, 0.2) is 29.2 Å². The zero-order valence-electron chi connectivity index (χ0n) is 13.1. The highest BCUT2D eigenvalue weighted by Gasteiger charge is 2.30. The number of aliphatic carboxylic acids is 2. The van der Waals surface area contributed by atoms with E-state index in [9.17, 15) is 28.2 Å². The van der Waals surface area contributed by atoms with Gasteiger partial charge in [-0.05, 0) is 43.0 Å². The minimum Gasteiger partial charge on any atom is -0.550 e. The molecule has 1 aliphatic rings. The van der Waals surface area contributed by atoms with Crippen molar-refractivity contribution < 1.29 is 28.2 Å². The highest BCUT2D eigenvalue weighted by molar-refractivity contribution is 7.89. The minimum atomic E-state index is -3.78. The third kappa shape index (κ3) is 4.01. The first-order chi connectivity index (χ1) is 11.2. The van der Waals surface area contributed by atoms with Crippen LogP contribution in [0.1, 0.15) is 24.0 Å². The number of carbonyl (C=O) groups is 2. The second kappa shape index (κ2) is 7.14. The SMILES string of the molecule is Cc1ccc(/C=C/C(=O)[O-])cc1S(=O)(=O)N1CCC(C(=O)[O-])CC1. The average molecular weight is 351 g/mol. The number of benzene rings is 1. The number of carbonyl (C=O) groups excluding carboxylic acids is 2. The van der Waals surface area contributed by atoms with E-state index < -0.39 is 27.9 Å². The number of sulfonamides is 1. The molecule has 0 bridgehead atoms. The third-order valence-electron chi connectivity index (χ3n) is 4.03. The van der Waals surface area contributed by atoms with Gasteiger partial charge in [-0.3, -0.25) is 0 Å². The van der Waals surface area contributed by atoms with E-state index in [0.29, 0.717) is 11.1 Å². The lowest BCUT2D eigenvalue weighted by molar-refractivity contribution is -0.312. The van der Waals surface area contributed by atoms with E-state index in [1.165, 1.54) is 16.4 Å². The van der Waals surface area contributed by atoms with E-state index in [4.69, 9.17) is 0 Å². The number of carboxylic acids is 2. The van der Waals surface area contributed by atoms with Crippen molar-refractivity contribution in [1.29, 1.82) is 0 Å². The normalized spacial score (nSPS) is 17.2. The molecule has 0 aliphatic carbocycles. The van der Waals surface area contributed by atoms with Crippen molar-refractivity contribution in [2.75, 3.05) is 13.1 Å². The van der Waals surface area contributed by atoms with Gasteiger partial charge in [0, 0.05) is 25.0 Å². The summed E-state index contributed by atoms with van der Waals surface area (Å²) in [5, 5.41) is 21.3. The second-order valence-electron chi connectivity index (χ2n) is 5.67. The topological polar surface area (TPSA) is 118 Å². The van der Waals surface area contributed by atoms with Gasteiger partial charge in [-0.25, -0.2) is 8.42 Å². The Morgan fingerprint density at radius 1 is 1.21 bits per heavy atom. The van der Waals surface area contributed by atoms with Crippen LogP contribution in [0.4, 0.5) is 0 Å². The summed E-state index contributed by atoms with van der Waals surface area (Å²) in [5.41, 5.74) is 0.954. The van der Waals surface area contributed by atoms with Gasteiger partial charge in [0.25, 0.3) is 0 Å². The van der Waals surface area contributed by atoms with Crippen LogP contribution in [0.5, 0.6) is 0 Å². The number of piperidine rings is 1. The predicted molar refractivity (Wildman–Crippen MR) is 81.7 cm³/mol. The molecule has 1 aromatic carbocycles. The number of nitrogens with zero attached hydrogens (tertiary/aromatic N) is 1. The summed E-state index contributed by atoms with van der Waals surface area (Å²) in [7, 11) is -3.78. The molecule has 1 aliphatic heterocycles. The van der Waals surface area contributed by atoms with Crippen LogP contribution < -0.4 is 10.2 Å². The number of rotatable bonds is 5. The summed E-state index contributed by atoms with van der Waals surface area (Å²) in [6.45, 7) is 1.87. The predicted octanol–water partition coefficient (Wildman–Crippen LogP) is -1.09. The fourth-order valence-corrected chi connectivity index (χ4v) is 4.36. The van der Waals surface area contributed by atoms with E-state index in [0.717, 1.165) is 6.08 Å². The summed E-state index contributed by atoms with van der Waals surface area (Å²) < 4.78 is 26.8. The van der Waals surface area contributed by atoms with E-state index >= 15 is 0 Å². The number of hydrogen-bond donors (Lipinski definition) is 0. The molecule has 0 atom stereocenters. The van der Waals surface area contributed by atoms with E-state index in [1.54, 1.807) is 19.1 Å². The first-order valence-corrected chi connectivity index (χ1v) is 8.86. The molecular weight excluding hydrogens is 334 g/mol. The van der Waals surface area contributed by atoms with Gasteiger partial charge in [0.15, 0.2) is 0 Å². The van der Waals surface area contributed by atoms with Crippen molar-refractivity contribution in [2.45, 2.75) is 24.7 Å². The molecule has 1 heterocycles. The molecule has 0 unspecified atom stereocenters. The largest absolute Gasteiger partial charge is 0.550 e. The monoisotopic (exact) mass is 351 g/mol. The van der Waals surface area contributed by atoms with Gasteiger partial charge in [0.05, 0.1) is 10.9 Å². The summed E-state index contributed by atoms with van der Waals surface area (Å²) in [4.78, 5) is 21.4. The lowest BCUT2D eigenvalue weighted by atomic mass is 9.99. The van der Waals surface area contributed by atoms with Crippen molar-refractivity contribution in [3.05, 3.63) is 35.4 Å². The summed E-state index contributed by atoms with van der Waals surface area (Å²) in [6.07, 6.45) is 2.51. The molecule has 130 valence electrons. The minimum absolute atomic E-state index is 0.0786. The van der Waals surface area contributed by atoms with Crippen molar-refractivity contribution in [2.24, 2.45) is 5.92 Å². The van der Waals surface area contributed by atoms with Gasteiger partial charge in [0.2, 0.25) is 10.0 Å². The van der Waals surface area contributed by atoms with Crippen LogP contribution in [0.3, 0.4) is 0 Å². The van der Waals surface area contributed by atoms with E-state index in [-0.39, 0.29) is 30.8 Å². The molecule has 24 heavy (non-hydrogen) atoms. The summed E-state index contributed by atoms with van der Waals surface area (Å²) >= 11 is 0. The second-order valence-corrected chi connectivity index (χ2v) is 7.58. The van der Waals surface area contributed by atoms with Crippen LogP contribution in [0.25, 0.3) is 6.08 Å². The van der Waals surface area contributed by atoms with Gasteiger partial charge in [-0.15, -0.1) is 0 Å². The van der Waals surface area contributed by atoms with Crippen molar-refractivity contribution in [1.82, 2.24) is 4.31 Å². The highest BCUT2D eigenvalue weighted by atomic mass is 32.2. The molecular formula is C16H17NO6S-2. The molecule has 0 N–H and O–H groups in total. The summed E-state index contributed by atoms with van der Waals surface area (Å²) in [5.74, 6) is -3.16. The maximum Gasteiger partial charge on any atom is 0.243 e. The Morgan fingerprint density at radius 3 is 2.38 bits per heavy atom. The molecule has 0 aromatic heterocycles. The van der Waals surface area contributed by atoms with Gasteiger partial charge in [-0.1, -0.05) is 18.2 Å². The zero-order valence-corrected chi connectivity index (χ0v) is 13.9. The highest BCUT2D eigenvalue weighted by Crippen LogP contribution is 2.26. The molecule has 0 saturated carbocycles. The van der Waals surface area contributed by atoms with Crippen molar-refractivity contribution in [3.8, 4) is 0 Å². The Labute approximate surface area is 140 Å². The molecule has 1 fully saturated rings. The van der Waals surface area contributed by atoms with E-state index in [2.05, 4.69) is 0 Å². The average Bonchev–Trinajstić information content (AvgIpc) is 2.53. The molecule has 8 heteroatoms. The Balaban J connectivity index is 2.27. The first kappa shape index (κ1) is 18.2. The third-order valence-corrected chi connectivity index (χ3v) is 6.07. The Hall–Kier alpha value is -2.19. The Bertz CT molecular complexity index is 776. The van der Waals surface area contributed by atoms with E-state index in [1.807, 2.05) is 0 Å². The molecule has 0 spiro atoms. The van der Waals surface area contributed by atoms with Gasteiger partial charge in [-0.2, -0.15) is 4.31 Å². The molecule has 0 amide bonds. The molecule has 1 saturated heterocycles. The van der Waals surface area contributed by atoms with Crippen LogP contribution in [0, 0.1) is 12.8 Å². The Kier molecular flexibility index (Phi) is 5.40. The van der Waals surface area contributed by atoms with Gasteiger partial charge >= 0.3 is 0 Å². The smallest absolute Gasteiger partial charge is 0.243 e. The number of aryl methyl sites for hydroxylation is 1. The molecule has 0 radical (unpaired) electrons. The fraction of sp³-hybridized carbons (Fsp3) is 0.375. The molecule has 1 aromatic rings. The quantitative estimate of drug-likeness (QED) is 0.622. The van der Waals surface area contributed by atoms with Crippen LogP contribution in [0.2, 0.25) is 0 Å². The summed E-state index contributed by atoms with van der Waals surface area (Å²) in [6, 6.07) is 4.60. The van der Waals surface area contributed by atoms with Crippen molar-refractivity contribution >= 4 is 28.0 Å². The zero-order chi connectivity index (χ0) is 17.9. The molecule has 7 nitrogen and oxygen atoms in total.